The Kier molecular flexibility index (Phi) is 4.60. The van der Waals surface area contributed by atoms with Crippen LogP contribution in [0.3, 0.4) is 0 Å². The third kappa shape index (κ3) is 3.29. The van der Waals surface area contributed by atoms with Crippen molar-refractivity contribution in [1.29, 1.82) is 0 Å². The standard InChI is InChI=1S/C22H23FN2O/c1-24-10-12-25(13-11-24)19-8-9-20-16(15-19)6-7-18(22(20)26)14-17-4-2-3-5-21(17)23/h2-5,8-9,14-15H,6-7,10-13H2,1H3/b18-14+. The second-order valence-electron chi connectivity index (χ2n) is 7.15. The summed E-state index contributed by atoms with van der Waals surface area (Å²) in [6.45, 7) is 4.15. The molecule has 0 bridgehead atoms. The predicted molar refractivity (Wildman–Crippen MR) is 103 cm³/mol. The molecular weight excluding hydrogens is 327 g/mol. The number of nitrogens with zero attached hydrogens (tertiary/aromatic N) is 2. The van der Waals surface area contributed by atoms with Gasteiger partial charge in [0.2, 0.25) is 0 Å². The van der Waals surface area contributed by atoms with Crippen LogP contribution in [0.4, 0.5) is 10.1 Å². The molecule has 1 fully saturated rings. The van der Waals surface area contributed by atoms with E-state index in [2.05, 4.69) is 22.9 Å². The maximum Gasteiger partial charge on any atom is 0.189 e. The first kappa shape index (κ1) is 17.0. The molecular formula is C22H23FN2O. The number of fused-ring (bicyclic) bond motifs is 1. The molecule has 2 aromatic carbocycles. The van der Waals surface area contributed by atoms with Crippen molar-refractivity contribution >= 4 is 17.5 Å². The number of aryl methyl sites for hydroxylation is 1. The molecule has 1 aliphatic carbocycles. The van der Waals surface area contributed by atoms with E-state index in [1.54, 1.807) is 24.3 Å². The molecule has 2 aliphatic rings. The van der Waals surface area contributed by atoms with Gasteiger partial charge in [0.25, 0.3) is 0 Å². The van der Waals surface area contributed by atoms with Crippen LogP contribution in [-0.4, -0.2) is 43.9 Å². The molecule has 134 valence electrons. The zero-order valence-corrected chi connectivity index (χ0v) is 15.0. The van der Waals surface area contributed by atoms with E-state index < -0.39 is 0 Å². The number of halogens is 1. The van der Waals surface area contributed by atoms with Crippen LogP contribution in [0.5, 0.6) is 0 Å². The summed E-state index contributed by atoms with van der Waals surface area (Å²) < 4.78 is 13.9. The smallest absolute Gasteiger partial charge is 0.189 e. The highest BCUT2D eigenvalue weighted by molar-refractivity contribution is 6.13. The van der Waals surface area contributed by atoms with E-state index in [4.69, 9.17) is 0 Å². The molecule has 0 aromatic heterocycles. The number of likely N-dealkylation sites (N-methyl/N-ethyl adjacent to an activating group) is 1. The number of ketones is 1. The van der Waals surface area contributed by atoms with Crippen molar-refractivity contribution in [1.82, 2.24) is 4.90 Å². The topological polar surface area (TPSA) is 23.6 Å². The SMILES string of the molecule is CN1CCN(c2ccc3c(c2)CC/C(=C\c2ccccc2F)C3=O)CC1. The average molecular weight is 350 g/mol. The Labute approximate surface area is 153 Å². The Morgan fingerprint density at radius 1 is 1.00 bits per heavy atom. The van der Waals surface area contributed by atoms with E-state index >= 15 is 0 Å². The number of hydrogen-bond acceptors (Lipinski definition) is 3. The third-order valence-electron chi connectivity index (χ3n) is 5.39. The number of rotatable bonds is 2. The van der Waals surface area contributed by atoms with Gasteiger partial charge in [-0.15, -0.1) is 0 Å². The normalized spacial score (nSPS) is 19.7. The van der Waals surface area contributed by atoms with Gasteiger partial charge in [-0.25, -0.2) is 4.39 Å². The van der Waals surface area contributed by atoms with Gasteiger partial charge in [-0.1, -0.05) is 18.2 Å². The van der Waals surface area contributed by atoms with E-state index in [1.165, 1.54) is 11.8 Å². The van der Waals surface area contributed by atoms with Crippen molar-refractivity contribution < 1.29 is 9.18 Å². The molecule has 3 nitrogen and oxygen atoms in total. The molecule has 0 saturated carbocycles. The lowest BCUT2D eigenvalue weighted by atomic mass is 9.85. The first-order valence-corrected chi connectivity index (χ1v) is 9.18. The fourth-order valence-corrected chi connectivity index (χ4v) is 3.74. The maximum atomic E-state index is 13.9. The number of carbonyl (C=O) groups excluding carboxylic acids is 1. The van der Waals surface area contributed by atoms with Crippen LogP contribution in [0.25, 0.3) is 6.08 Å². The number of allylic oxidation sites excluding steroid dienone is 1. The summed E-state index contributed by atoms with van der Waals surface area (Å²) in [6.07, 6.45) is 3.18. The fraction of sp³-hybridized carbons (Fsp3) is 0.318. The number of Topliss-reactive ketones (excluding diaryl/α,β-unsaturated/α-hetero) is 1. The molecule has 1 heterocycles. The largest absolute Gasteiger partial charge is 0.369 e. The Bertz CT molecular complexity index is 866. The van der Waals surface area contributed by atoms with Crippen LogP contribution in [-0.2, 0) is 6.42 Å². The van der Waals surface area contributed by atoms with Crippen molar-refractivity contribution in [3.05, 3.63) is 70.5 Å². The summed E-state index contributed by atoms with van der Waals surface area (Å²) in [7, 11) is 2.15. The summed E-state index contributed by atoms with van der Waals surface area (Å²) >= 11 is 0. The molecule has 0 radical (unpaired) electrons. The first-order chi connectivity index (χ1) is 12.6. The molecule has 0 amide bonds. The van der Waals surface area contributed by atoms with E-state index in [-0.39, 0.29) is 11.6 Å². The molecule has 0 spiro atoms. The Hall–Kier alpha value is -2.46. The first-order valence-electron chi connectivity index (χ1n) is 9.18. The van der Waals surface area contributed by atoms with Crippen LogP contribution in [0.2, 0.25) is 0 Å². The maximum absolute atomic E-state index is 13.9. The Morgan fingerprint density at radius 3 is 2.54 bits per heavy atom. The highest BCUT2D eigenvalue weighted by Crippen LogP contribution is 2.30. The summed E-state index contributed by atoms with van der Waals surface area (Å²) in [6, 6.07) is 12.7. The molecule has 0 unspecified atom stereocenters. The minimum absolute atomic E-state index is 0.0273. The van der Waals surface area contributed by atoms with E-state index in [9.17, 15) is 9.18 Å². The molecule has 26 heavy (non-hydrogen) atoms. The van der Waals surface area contributed by atoms with E-state index in [0.29, 0.717) is 17.6 Å². The molecule has 2 aromatic rings. The van der Waals surface area contributed by atoms with Crippen LogP contribution in [0, 0.1) is 5.82 Å². The van der Waals surface area contributed by atoms with Gasteiger partial charge >= 0.3 is 0 Å². The van der Waals surface area contributed by atoms with Gasteiger partial charge in [0.1, 0.15) is 5.82 Å². The number of anilines is 1. The fourth-order valence-electron chi connectivity index (χ4n) is 3.74. The van der Waals surface area contributed by atoms with Gasteiger partial charge in [0.15, 0.2) is 5.78 Å². The van der Waals surface area contributed by atoms with Gasteiger partial charge in [-0.3, -0.25) is 4.79 Å². The summed E-state index contributed by atoms with van der Waals surface area (Å²) in [5, 5.41) is 0. The number of benzene rings is 2. The second-order valence-corrected chi connectivity index (χ2v) is 7.15. The van der Waals surface area contributed by atoms with Crippen molar-refractivity contribution in [2.24, 2.45) is 0 Å². The summed E-state index contributed by atoms with van der Waals surface area (Å²) in [5.74, 6) is -0.261. The molecule has 0 atom stereocenters. The van der Waals surface area contributed by atoms with Gasteiger partial charge in [-0.05, 0) is 55.8 Å². The van der Waals surface area contributed by atoms with Crippen LogP contribution in [0.1, 0.15) is 27.9 Å². The van der Waals surface area contributed by atoms with Crippen LogP contribution in [0.15, 0.2) is 48.0 Å². The molecule has 1 saturated heterocycles. The molecule has 4 rings (SSSR count). The van der Waals surface area contributed by atoms with Gasteiger partial charge in [-0.2, -0.15) is 0 Å². The molecule has 4 heteroatoms. The second kappa shape index (κ2) is 7.04. The number of hydrogen-bond donors (Lipinski definition) is 0. The zero-order valence-electron chi connectivity index (χ0n) is 15.0. The van der Waals surface area contributed by atoms with Crippen molar-refractivity contribution in [2.75, 3.05) is 38.1 Å². The summed E-state index contributed by atoms with van der Waals surface area (Å²) in [5.41, 5.74) is 4.24. The lowest BCUT2D eigenvalue weighted by Crippen LogP contribution is -2.44. The van der Waals surface area contributed by atoms with Crippen molar-refractivity contribution in [3.8, 4) is 0 Å². The van der Waals surface area contributed by atoms with Crippen LogP contribution < -0.4 is 4.90 Å². The van der Waals surface area contributed by atoms with Gasteiger partial charge in [0, 0.05) is 48.6 Å². The van der Waals surface area contributed by atoms with Gasteiger partial charge in [0.05, 0.1) is 0 Å². The third-order valence-corrected chi connectivity index (χ3v) is 5.39. The minimum Gasteiger partial charge on any atom is -0.369 e. The van der Waals surface area contributed by atoms with Gasteiger partial charge < -0.3 is 9.80 Å². The van der Waals surface area contributed by atoms with E-state index in [1.807, 2.05) is 12.1 Å². The zero-order chi connectivity index (χ0) is 18.1. The lowest BCUT2D eigenvalue weighted by molar-refractivity contribution is 0.102. The van der Waals surface area contributed by atoms with Crippen LogP contribution >= 0.6 is 0 Å². The Balaban J connectivity index is 1.59. The average Bonchev–Trinajstić information content (AvgIpc) is 2.66. The minimum atomic E-state index is -0.288. The molecule has 0 N–H and O–H groups in total. The highest BCUT2D eigenvalue weighted by atomic mass is 19.1. The van der Waals surface area contributed by atoms with Crippen molar-refractivity contribution in [2.45, 2.75) is 12.8 Å². The monoisotopic (exact) mass is 350 g/mol. The van der Waals surface area contributed by atoms with E-state index in [0.717, 1.165) is 43.7 Å². The quantitative estimate of drug-likeness (QED) is 0.770. The number of carbonyl (C=O) groups is 1. The van der Waals surface area contributed by atoms with Crippen molar-refractivity contribution in [3.63, 3.8) is 0 Å². The Morgan fingerprint density at radius 2 is 1.77 bits per heavy atom. The highest BCUT2D eigenvalue weighted by Gasteiger charge is 2.24. The number of piperazine rings is 1. The summed E-state index contributed by atoms with van der Waals surface area (Å²) in [4.78, 5) is 17.6. The lowest BCUT2D eigenvalue weighted by Gasteiger charge is -2.34. The predicted octanol–water partition coefficient (Wildman–Crippen LogP) is 3.79. The molecule has 1 aliphatic heterocycles.